The molecule has 3 heteroatoms. The van der Waals surface area contributed by atoms with Crippen LogP contribution in [-0.4, -0.2) is 10.9 Å². The maximum Gasteiger partial charge on any atom is 0.182 e. The van der Waals surface area contributed by atoms with Gasteiger partial charge in [-0.3, -0.25) is 4.79 Å². The first kappa shape index (κ1) is 7.03. The Morgan fingerprint density at radius 3 is 2.92 bits per heavy atom. The first-order valence-electron chi connectivity index (χ1n) is 3.64. The number of para-hydroxylation sites is 1. The number of carbonyl (C=O) groups is 1. The van der Waals surface area contributed by atoms with E-state index in [-0.39, 0.29) is 5.78 Å². The molecular weight excluding hydrogens is 154 g/mol. The van der Waals surface area contributed by atoms with Crippen LogP contribution >= 0.6 is 0 Å². The Labute approximate surface area is 69.0 Å². The van der Waals surface area contributed by atoms with Crippen LogP contribution in [0.5, 0.6) is 0 Å². The van der Waals surface area contributed by atoms with Crippen LogP contribution in [0.2, 0.25) is 0 Å². The molecule has 0 unspecified atom stereocenters. The predicted octanol–water partition coefficient (Wildman–Crippen LogP) is 2.03. The van der Waals surface area contributed by atoms with Gasteiger partial charge >= 0.3 is 0 Å². The summed E-state index contributed by atoms with van der Waals surface area (Å²) in [6.07, 6.45) is 0. The molecule has 0 aliphatic rings. The fourth-order valence-corrected chi connectivity index (χ4v) is 1.14. The molecule has 1 aromatic heterocycles. The number of benzene rings is 1. The van der Waals surface area contributed by atoms with Crippen molar-refractivity contribution in [2.24, 2.45) is 0 Å². The number of ketones is 1. The maximum absolute atomic E-state index is 11.0. The van der Waals surface area contributed by atoms with Gasteiger partial charge < -0.3 is 4.52 Å². The molecule has 1 heterocycles. The van der Waals surface area contributed by atoms with E-state index >= 15 is 0 Å². The molecule has 0 amide bonds. The average molecular weight is 161 g/mol. The molecule has 0 spiro atoms. The largest absolute Gasteiger partial charge is 0.356 e. The summed E-state index contributed by atoms with van der Waals surface area (Å²) in [7, 11) is 0. The molecule has 0 saturated heterocycles. The quantitative estimate of drug-likeness (QED) is 0.601. The van der Waals surface area contributed by atoms with Crippen molar-refractivity contribution in [2.75, 3.05) is 0 Å². The van der Waals surface area contributed by atoms with Crippen molar-refractivity contribution in [3.63, 3.8) is 0 Å². The first-order chi connectivity index (χ1) is 5.79. The molecule has 0 N–H and O–H groups in total. The minimum Gasteiger partial charge on any atom is -0.356 e. The molecule has 2 rings (SSSR count). The van der Waals surface area contributed by atoms with Crippen molar-refractivity contribution < 1.29 is 9.32 Å². The van der Waals surface area contributed by atoms with Crippen LogP contribution in [-0.2, 0) is 0 Å². The lowest BCUT2D eigenvalue weighted by atomic mass is 10.2. The van der Waals surface area contributed by atoms with Gasteiger partial charge in [0.15, 0.2) is 17.1 Å². The van der Waals surface area contributed by atoms with Gasteiger partial charge in [0.2, 0.25) is 0 Å². The maximum atomic E-state index is 11.0. The monoisotopic (exact) mass is 161 g/mol. The van der Waals surface area contributed by atoms with E-state index in [1.54, 1.807) is 6.07 Å². The number of carbonyl (C=O) groups excluding carboxylic acids is 1. The van der Waals surface area contributed by atoms with Crippen molar-refractivity contribution in [1.29, 1.82) is 0 Å². The van der Waals surface area contributed by atoms with Gasteiger partial charge in [-0.1, -0.05) is 17.3 Å². The smallest absolute Gasteiger partial charge is 0.182 e. The summed E-state index contributed by atoms with van der Waals surface area (Å²) in [5.74, 6) is -0.0695. The molecule has 1 aromatic carbocycles. The Hall–Kier alpha value is -1.64. The van der Waals surface area contributed by atoms with E-state index in [0.717, 1.165) is 5.39 Å². The summed E-state index contributed by atoms with van der Waals surface area (Å²) in [6.45, 7) is 1.48. The van der Waals surface area contributed by atoms with Crippen molar-refractivity contribution in [3.8, 4) is 0 Å². The van der Waals surface area contributed by atoms with Gasteiger partial charge in [-0.2, -0.15) is 0 Å². The fraction of sp³-hybridized carbons (Fsp3) is 0.111. The molecule has 3 nitrogen and oxygen atoms in total. The van der Waals surface area contributed by atoms with Crippen molar-refractivity contribution >= 4 is 16.8 Å². The van der Waals surface area contributed by atoms with Gasteiger partial charge in [-0.25, -0.2) is 0 Å². The minimum absolute atomic E-state index is 0.0695. The summed E-state index contributed by atoms with van der Waals surface area (Å²) in [6, 6.07) is 7.31. The number of hydrogen-bond acceptors (Lipinski definition) is 3. The van der Waals surface area contributed by atoms with Crippen LogP contribution in [0.25, 0.3) is 11.0 Å². The standard InChI is InChI=1S/C9H7NO2/c1-6(11)9-7-4-2-3-5-8(7)12-10-9/h2-5H,1H3. The Balaban J connectivity index is 2.79. The van der Waals surface area contributed by atoms with Crippen molar-refractivity contribution in [3.05, 3.63) is 30.0 Å². The number of rotatable bonds is 1. The molecule has 0 fully saturated rings. The molecule has 12 heavy (non-hydrogen) atoms. The van der Waals surface area contributed by atoms with E-state index in [2.05, 4.69) is 5.16 Å². The van der Waals surface area contributed by atoms with Gasteiger partial charge in [-0.05, 0) is 12.1 Å². The minimum atomic E-state index is -0.0695. The lowest BCUT2D eigenvalue weighted by Crippen LogP contribution is -1.91. The third-order valence-corrected chi connectivity index (χ3v) is 1.71. The Morgan fingerprint density at radius 2 is 2.17 bits per heavy atom. The zero-order chi connectivity index (χ0) is 8.55. The molecule has 60 valence electrons. The Kier molecular flexibility index (Phi) is 1.43. The Morgan fingerprint density at radius 1 is 1.42 bits per heavy atom. The molecule has 2 aromatic rings. The molecule has 0 aliphatic heterocycles. The van der Waals surface area contributed by atoms with Crippen LogP contribution in [0.15, 0.2) is 28.8 Å². The highest BCUT2D eigenvalue weighted by atomic mass is 16.5. The molecule has 0 saturated carbocycles. The normalized spacial score (nSPS) is 10.4. The highest BCUT2D eigenvalue weighted by molar-refractivity contribution is 6.03. The highest BCUT2D eigenvalue weighted by Crippen LogP contribution is 2.17. The zero-order valence-corrected chi connectivity index (χ0v) is 6.57. The molecule has 0 radical (unpaired) electrons. The van der Waals surface area contributed by atoms with Crippen LogP contribution in [0.1, 0.15) is 17.4 Å². The van der Waals surface area contributed by atoms with Crippen LogP contribution in [0.4, 0.5) is 0 Å². The van der Waals surface area contributed by atoms with Crippen molar-refractivity contribution in [2.45, 2.75) is 6.92 Å². The Bertz CT molecular complexity index is 431. The number of hydrogen-bond donors (Lipinski definition) is 0. The second-order valence-corrected chi connectivity index (χ2v) is 2.58. The first-order valence-corrected chi connectivity index (χ1v) is 3.64. The molecular formula is C9H7NO2. The van der Waals surface area contributed by atoms with Crippen molar-refractivity contribution in [1.82, 2.24) is 5.16 Å². The van der Waals surface area contributed by atoms with Crippen LogP contribution in [0.3, 0.4) is 0 Å². The van der Waals surface area contributed by atoms with Gasteiger partial charge in [0.25, 0.3) is 0 Å². The summed E-state index contributed by atoms with van der Waals surface area (Å²) in [5, 5.41) is 4.45. The van der Waals surface area contributed by atoms with E-state index in [1.807, 2.05) is 18.2 Å². The number of nitrogens with zero attached hydrogens (tertiary/aromatic N) is 1. The predicted molar refractivity (Wildman–Crippen MR) is 44.0 cm³/mol. The highest BCUT2D eigenvalue weighted by Gasteiger charge is 2.10. The van der Waals surface area contributed by atoms with Crippen LogP contribution < -0.4 is 0 Å². The second-order valence-electron chi connectivity index (χ2n) is 2.58. The molecule has 0 aliphatic carbocycles. The third-order valence-electron chi connectivity index (χ3n) is 1.71. The van der Waals surface area contributed by atoms with Gasteiger partial charge in [0, 0.05) is 6.92 Å². The third kappa shape index (κ3) is 0.906. The summed E-state index contributed by atoms with van der Waals surface area (Å²) < 4.78 is 4.94. The lowest BCUT2D eigenvalue weighted by molar-refractivity contribution is 0.101. The molecule has 0 atom stereocenters. The number of aromatic nitrogens is 1. The molecule has 0 bridgehead atoms. The summed E-state index contributed by atoms with van der Waals surface area (Å²) in [5.41, 5.74) is 1.06. The topological polar surface area (TPSA) is 43.1 Å². The second kappa shape index (κ2) is 2.44. The lowest BCUT2D eigenvalue weighted by Gasteiger charge is -1.85. The summed E-state index contributed by atoms with van der Waals surface area (Å²) in [4.78, 5) is 11.0. The number of fused-ring (bicyclic) bond motifs is 1. The zero-order valence-electron chi connectivity index (χ0n) is 6.57. The van der Waals surface area contributed by atoms with E-state index in [9.17, 15) is 4.79 Å². The number of Topliss-reactive ketones (excluding diaryl/α,β-unsaturated/α-hetero) is 1. The van der Waals surface area contributed by atoms with E-state index in [0.29, 0.717) is 11.3 Å². The SMILES string of the molecule is CC(=O)c1noc2ccccc12. The fourth-order valence-electron chi connectivity index (χ4n) is 1.14. The van der Waals surface area contributed by atoms with Gasteiger partial charge in [0.05, 0.1) is 5.39 Å². The van der Waals surface area contributed by atoms with E-state index in [1.165, 1.54) is 6.92 Å². The van der Waals surface area contributed by atoms with E-state index < -0.39 is 0 Å². The van der Waals surface area contributed by atoms with Gasteiger partial charge in [-0.15, -0.1) is 0 Å². The van der Waals surface area contributed by atoms with Gasteiger partial charge in [0.1, 0.15) is 0 Å². The average Bonchev–Trinajstić information content (AvgIpc) is 2.47. The van der Waals surface area contributed by atoms with E-state index in [4.69, 9.17) is 4.52 Å². The van der Waals surface area contributed by atoms with Crippen LogP contribution in [0, 0.1) is 0 Å². The summed E-state index contributed by atoms with van der Waals surface area (Å²) >= 11 is 0.